The molecule has 0 aliphatic carbocycles. The number of hydrogen-bond acceptors (Lipinski definition) is 7. The van der Waals surface area contributed by atoms with E-state index in [1.807, 2.05) is 19.1 Å². The van der Waals surface area contributed by atoms with Gasteiger partial charge in [0, 0.05) is 4.47 Å². The Balaban J connectivity index is 1.55. The fraction of sp³-hybridized carbons (Fsp3) is 0.160. The molecule has 3 aromatic rings. The number of nitrogens with zero attached hydrogens (tertiary/aromatic N) is 1. The molecule has 0 atom stereocenters. The molecule has 176 valence electrons. The van der Waals surface area contributed by atoms with Crippen molar-refractivity contribution in [1.29, 1.82) is 0 Å². The third-order valence-corrected chi connectivity index (χ3v) is 4.91. The lowest BCUT2D eigenvalue weighted by atomic mass is 10.2. The number of amides is 1. The van der Waals surface area contributed by atoms with Crippen LogP contribution in [0.5, 0.6) is 23.0 Å². The quantitative estimate of drug-likeness (QED) is 0.179. The van der Waals surface area contributed by atoms with Gasteiger partial charge in [0.05, 0.1) is 25.5 Å². The summed E-state index contributed by atoms with van der Waals surface area (Å²) in [6.45, 7) is 2.25. The maximum Gasteiger partial charge on any atom is 0.343 e. The van der Waals surface area contributed by atoms with Gasteiger partial charge in [-0.1, -0.05) is 15.9 Å². The van der Waals surface area contributed by atoms with Crippen molar-refractivity contribution in [1.82, 2.24) is 5.43 Å². The molecule has 0 saturated carbocycles. The Labute approximate surface area is 205 Å². The SMILES string of the molecule is CCOc1ccc(C(=O)Oc2ccc(C=NNC(=O)COc3ccc(Br)cc3)cc2OC)cc1. The van der Waals surface area contributed by atoms with E-state index in [0.717, 1.165) is 4.47 Å². The summed E-state index contributed by atoms with van der Waals surface area (Å²) < 4.78 is 22.5. The summed E-state index contributed by atoms with van der Waals surface area (Å²) in [5.41, 5.74) is 3.40. The van der Waals surface area contributed by atoms with E-state index in [-0.39, 0.29) is 12.4 Å². The number of benzene rings is 3. The van der Waals surface area contributed by atoms with Gasteiger partial charge in [0.25, 0.3) is 5.91 Å². The first-order valence-electron chi connectivity index (χ1n) is 10.3. The van der Waals surface area contributed by atoms with Crippen molar-refractivity contribution in [3.63, 3.8) is 0 Å². The lowest BCUT2D eigenvalue weighted by Gasteiger charge is -2.10. The molecule has 3 aromatic carbocycles. The Morgan fingerprint density at radius 1 is 0.941 bits per heavy atom. The second-order valence-corrected chi connectivity index (χ2v) is 7.71. The lowest BCUT2D eigenvalue weighted by molar-refractivity contribution is -0.123. The number of hydrazone groups is 1. The van der Waals surface area contributed by atoms with Crippen LogP contribution in [0.15, 0.2) is 76.3 Å². The van der Waals surface area contributed by atoms with E-state index in [2.05, 4.69) is 26.5 Å². The predicted octanol–water partition coefficient (Wildman–Crippen LogP) is 4.60. The Hall–Kier alpha value is -3.85. The topological polar surface area (TPSA) is 95.5 Å². The molecule has 0 spiro atoms. The van der Waals surface area contributed by atoms with Gasteiger partial charge in [-0.05, 0) is 79.2 Å². The highest BCUT2D eigenvalue weighted by molar-refractivity contribution is 9.10. The van der Waals surface area contributed by atoms with Crippen LogP contribution in [0.4, 0.5) is 0 Å². The lowest BCUT2D eigenvalue weighted by Crippen LogP contribution is -2.24. The van der Waals surface area contributed by atoms with Gasteiger partial charge in [-0.25, -0.2) is 10.2 Å². The van der Waals surface area contributed by atoms with Crippen LogP contribution < -0.4 is 24.4 Å². The van der Waals surface area contributed by atoms with Crippen molar-refractivity contribution < 1.29 is 28.5 Å². The van der Waals surface area contributed by atoms with Crippen molar-refractivity contribution in [3.05, 3.63) is 82.3 Å². The number of carbonyl (C=O) groups excluding carboxylic acids is 2. The highest BCUT2D eigenvalue weighted by Gasteiger charge is 2.13. The molecular formula is C25H23BrN2O6. The largest absolute Gasteiger partial charge is 0.494 e. The fourth-order valence-corrected chi connectivity index (χ4v) is 3.02. The molecule has 3 rings (SSSR count). The number of hydrogen-bond donors (Lipinski definition) is 1. The van der Waals surface area contributed by atoms with Crippen LogP contribution in [0, 0.1) is 0 Å². The highest BCUT2D eigenvalue weighted by atomic mass is 79.9. The van der Waals surface area contributed by atoms with Crippen LogP contribution in [0.3, 0.4) is 0 Å². The van der Waals surface area contributed by atoms with Crippen molar-refractivity contribution in [2.45, 2.75) is 6.92 Å². The molecule has 0 aromatic heterocycles. The van der Waals surface area contributed by atoms with Gasteiger partial charge in [0.1, 0.15) is 11.5 Å². The number of rotatable bonds is 10. The van der Waals surface area contributed by atoms with Crippen LogP contribution in [-0.4, -0.2) is 38.4 Å². The molecule has 0 aliphatic rings. The Morgan fingerprint density at radius 2 is 1.62 bits per heavy atom. The van der Waals surface area contributed by atoms with Crippen LogP contribution in [0.2, 0.25) is 0 Å². The first kappa shape index (κ1) is 24.8. The molecule has 1 amide bonds. The van der Waals surface area contributed by atoms with Gasteiger partial charge in [0.2, 0.25) is 0 Å². The van der Waals surface area contributed by atoms with E-state index in [1.54, 1.807) is 54.6 Å². The zero-order valence-electron chi connectivity index (χ0n) is 18.6. The standard InChI is InChI=1S/C25H23BrN2O6/c1-3-32-20-9-5-18(6-10-20)25(30)34-22-13-4-17(14-23(22)31-2)15-27-28-24(29)16-33-21-11-7-19(26)8-12-21/h4-15H,3,16H2,1-2H3,(H,28,29). The van der Waals surface area contributed by atoms with Gasteiger partial charge in [-0.2, -0.15) is 5.10 Å². The summed E-state index contributed by atoms with van der Waals surface area (Å²) in [6.07, 6.45) is 1.44. The van der Waals surface area contributed by atoms with E-state index in [1.165, 1.54) is 13.3 Å². The second-order valence-electron chi connectivity index (χ2n) is 6.79. The number of nitrogens with one attached hydrogen (secondary N) is 1. The van der Waals surface area contributed by atoms with E-state index < -0.39 is 11.9 Å². The monoisotopic (exact) mass is 526 g/mol. The van der Waals surface area contributed by atoms with E-state index in [4.69, 9.17) is 18.9 Å². The molecule has 0 bridgehead atoms. The molecule has 34 heavy (non-hydrogen) atoms. The van der Waals surface area contributed by atoms with Crippen molar-refractivity contribution in [2.24, 2.45) is 5.10 Å². The number of methoxy groups -OCH3 is 1. The van der Waals surface area contributed by atoms with E-state index in [0.29, 0.717) is 35.0 Å². The predicted molar refractivity (Wildman–Crippen MR) is 131 cm³/mol. The first-order valence-corrected chi connectivity index (χ1v) is 11.1. The van der Waals surface area contributed by atoms with E-state index >= 15 is 0 Å². The van der Waals surface area contributed by atoms with Gasteiger partial charge < -0.3 is 18.9 Å². The minimum absolute atomic E-state index is 0.178. The molecule has 0 fully saturated rings. The van der Waals surface area contributed by atoms with Gasteiger partial charge in [0.15, 0.2) is 18.1 Å². The molecule has 0 heterocycles. The maximum atomic E-state index is 12.5. The van der Waals surface area contributed by atoms with Crippen LogP contribution >= 0.6 is 15.9 Å². The Kier molecular flexibility index (Phi) is 9.04. The molecule has 0 radical (unpaired) electrons. The third-order valence-electron chi connectivity index (χ3n) is 4.38. The van der Waals surface area contributed by atoms with Crippen molar-refractivity contribution in [3.8, 4) is 23.0 Å². The van der Waals surface area contributed by atoms with Crippen LogP contribution in [0.1, 0.15) is 22.8 Å². The summed E-state index contributed by atoms with van der Waals surface area (Å²) in [5.74, 6) is 0.904. The number of ether oxygens (including phenoxy) is 4. The van der Waals surface area contributed by atoms with E-state index in [9.17, 15) is 9.59 Å². The van der Waals surface area contributed by atoms with Gasteiger partial charge in [-0.15, -0.1) is 0 Å². The fourth-order valence-electron chi connectivity index (χ4n) is 2.75. The number of halogens is 1. The van der Waals surface area contributed by atoms with Crippen LogP contribution in [0.25, 0.3) is 0 Å². The molecular weight excluding hydrogens is 504 g/mol. The number of carbonyl (C=O) groups is 2. The summed E-state index contributed by atoms with van der Waals surface area (Å²) in [4.78, 5) is 24.4. The second kappa shape index (κ2) is 12.4. The van der Waals surface area contributed by atoms with Gasteiger partial charge >= 0.3 is 5.97 Å². The number of esters is 1. The van der Waals surface area contributed by atoms with Crippen molar-refractivity contribution >= 4 is 34.0 Å². The summed E-state index contributed by atoms with van der Waals surface area (Å²) in [7, 11) is 1.46. The zero-order valence-corrected chi connectivity index (χ0v) is 20.2. The first-order chi connectivity index (χ1) is 16.5. The minimum atomic E-state index is -0.527. The Morgan fingerprint density at radius 3 is 2.29 bits per heavy atom. The molecule has 1 N–H and O–H groups in total. The average Bonchev–Trinajstić information content (AvgIpc) is 2.85. The molecule has 9 heteroatoms. The Bertz CT molecular complexity index is 1150. The summed E-state index contributed by atoms with van der Waals surface area (Å²) >= 11 is 3.33. The summed E-state index contributed by atoms with van der Waals surface area (Å²) in [5, 5.41) is 3.92. The summed E-state index contributed by atoms with van der Waals surface area (Å²) in [6, 6.07) is 18.7. The molecule has 0 unspecified atom stereocenters. The molecule has 0 aliphatic heterocycles. The minimum Gasteiger partial charge on any atom is -0.494 e. The zero-order chi connectivity index (χ0) is 24.3. The average molecular weight is 527 g/mol. The smallest absolute Gasteiger partial charge is 0.343 e. The molecule has 0 saturated heterocycles. The highest BCUT2D eigenvalue weighted by Crippen LogP contribution is 2.28. The van der Waals surface area contributed by atoms with Crippen LogP contribution in [-0.2, 0) is 4.79 Å². The normalized spacial score (nSPS) is 10.6. The maximum absolute atomic E-state index is 12.5. The molecule has 8 nitrogen and oxygen atoms in total. The third kappa shape index (κ3) is 7.35. The van der Waals surface area contributed by atoms with Crippen molar-refractivity contribution in [2.75, 3.05) is 20.3 Å². The van der Waals surface area contributed by atoms with Gasteiger partial charge in [-0.3, -0.25) is 4.79 Å².